The van der Waals surface area contributed by atoms with E-state index in [0.717, 1.165) is 24.3 Å². The minimum absolute atomic E-state index is 0.0987. The van der Waals surface area contributed by atoms with Crippen LogP contribution in [0.5, 0.6) is 0 Å². The monoisotopic (exact) mass is 219 g/mol. The summed E-state index contributed by atoms with van der Waals surface area (Å²) < 4.78 is 2.28. The first kappa shape index (κ1) is 10.3. The summed E-state index contributed by atoms with van der Waals surface area (Å²) in [5.41, 5.74) is 7.14. The minimum atomic E-state index is 0.0987. The van der Waals surface area contributed by atoms with Gasteiger partial charge in [0, 0.05) is 18.8 Å². The van der Waals surface area contributed by atoms with Crippen LogP contribution in [0.3, 0.4) is 0 Å². The Morgan fingerprint density at radius 3 is 2.50 bits per heavy atom. The molecule has 2 aliphatic rings. The van der Waals surface area contributed by atoms with Crippen LogP contribution in [0, 0.1) is 17.8 Å². The highest BCUT2D eigenvalue weighted by Crippen LogP contribution is 2.49. The summed E-state index contributed by atoms with van der Waals surface area (Å²) in [6, 6.07) is 0.0987. The predicted molar refractivity (Wildman–Crippen MR) is 63.8 cm³/mol. The molecular formula is C13H21N3. The van der Waals surface area contributed by atoms with Gasteiger partial charge in [-0.3, -0.25) is 0 Å². The van der Waals surface area contributed by atoms with Crippen LogP contribution in [0.2, 0.25) is 0 Å². The molecule has 2 aliphatic carbocycles. The zero-order valence-electron chi connectivity index (χ0n) is 9.97. The van der Waals surface area contributed by atoms with Crippen molar-refractivity contribution in [3.05, 3.63) is 18.2 Å². The molecule has 3 nitrogen and oxygen atoms in total. The third-order valence-electron chi connectivity index (χ3n) is 4.07. The average Bonchev–Trinajstić information content (AvgIpc) is 3.14. The zero-order valence-corrected chi connectivity index (χ0v) is 9.97. The van der Waals surface area contributed by atoms with Gasteiger partial charge in [-0.05, 0) is 50.4 Å². The first-order valence-electron chi connectivity index (χ1n) is 6.51. The summed E-state index contributed by atoms with van der Waals surface area (Å²) in [5, 5.41) is 0. The summed E-state index contributed by atoms with van der Waals surface area (Å²) >= 11 is 0. The van der Waals surface area contributed by atoms with Crippen LogP contribution in [0.15, 0.2) is 12.5 Å². The number of nitrogens with zero attached hydrogens (tertiary/aromatic N) is 2. The van der Waals surface area contributed by atoms with Crippen molar-refractivity contribution in [3.63, 3.8) is 0 Å². The molecule has 0 bridgehead atoms. The lowest BCUT2D eigenvalue weighted by molar-refractivity contribution is 0.342. The standard InChI is InChI=1S/C13H21N3/c1-9(14)13-6-15-8-16(13)7-12(10-2-3-10)11-4-5-11/h6,8-12H,2-5,7,14H2,1H3/t9-/m0/s1. The lowest BCUT2D eigenvalue weighted by Gasteiger charge is -2.19. The summed E-state index contributed by atoms with van der Waals surface area (Å²) in [6.07, 6.45) is 9.66. The maximum Gasteiger partial charge on any atom is 0.0948 e. The highest BCUT2D eigenvalue weighted by atomic mass is 15.1. The highest BCUT2D eigenvalue weighted by molar-refractivity contribution is 5.04. The van der Waals surface area contributed by atoms with E-state index in [2.05, 4.69) is 9.55 Å². The van der Waals surface area contributed by atoms with Crippen molar-refractivity contribution < 1.29 is 0 Å². The third kappa shape index (κ3) is 2.01. The van der Waals surface area contributed by atoms with E-state index in [4.69, 9.17) is 5.73 Å². The van der Waals surface area contributed by atoms with Gasteiger partial charge in [0.2, 0.25) is 0 Å². The molecule has 3 rings (SSSR count). The van der Waals surface area contributed by atoms with Gasteiger partial charge in [0.15, 0.2) is 0 Å². The van der Waals surface area contributed by atoms with Gasteiger partial charge >= 0.3 is 0 Å². The van der Waals surface area contributed by atoms with Crippen LogP contribution < -0.4 is 5.73 Å². The molecule has 88 valence electrons. The van der Waals surface area contributed by atoms with E-state index >= 15 is 0 Å². The maximum absolute atomic E-state index is 5.96. The maximum atomic E-state index is 5.96. The van der Waals surface area contributed by atoms with E-state index in [0.29, 0.717) is 0 Å². The molecule has 1 atom stereocenters. The number of nitrogens with two attached hydrogens (primary N) is 1. The van der Waals surface area contributed by atoms with Gasteiger partial charge in [-0.1, -0.05) is 0 Å². The Bertz CT molecular complexity index is 349. The molecule has 0 radical (unpaired) electrons. The molecule has 2 N–H and O–H groups in total. The molecule has 0 aromatic carbocycles. The second-order valence-electron chi connectivity index (χ2n) is 5.60. The number of rotatable bonds is 5. The summed E-state index contributed by atoms with van der Waals surface area (Å²) in [5.74, 6) is 2.89. The number of hydrogen-bond donors (Lipinski definition) is 1. The molecular weight excluding hydrogens is 198 g/mol. The predicted octanol–water partition coefficient (Wildman–Crippen LogP) is 2.34. The molecule has 2 saturated carbocycles. The van der Waals surface area contributed by atoms with Crippen LogP contribution in [-0.4, -0.2) is 9.55 Å². The molecule has 1 aromatic rings. The largest absolute Gasteiger partial charge is 0.333 e. The Labute approximate surface area is 97.0 Å². The SMILES string of the molecule is C[C@H](N)c1cncn1CC(C1CC1)C1CC1. The fourth-order valence-electron chi connectivity index (χ4n) is 2.82. The Hall–Kier alpha value is -0.830. The molecule has 16 heavy (non-hydrogen) atoms. The van der Waals surface area contributed by atoms with Gasteiger partial charge in [-0.2, -0.15) is 0 Å². The Morgan fingerprint density at radius 1 is 1.38 bits per heavy atom. The molecule has 0 unspecified atom stereocenters. The first-order chi connectivity index (χ1) is 7.75. The smallest absolute Gasteiger partial charge is 0.0948 e. The first-order valence-corrected chi connectivity index (χ1v) is 6.51. The van der Waals surface area contributed by atoms with Crippen molar-refractivity contribution in [2.75, 3.05) is 0 Å². The van der Waals surface area contributed by atoms with Gasteiger partial charge in [0.25, 0.3) is 0 Å². The molecule has 0 spiro atoms. The quantitative estimate of drug-likeness (QED) is 0.826. The second-order valence-corrected chi connectivity index (χ2v) is 5.60. The minimum Gasteiger partial charge on any atom is -0.333 e. The molecule has 1 aromatic heterocycles. The lowest BCUT2D eigenvalue weighted by atomic mass is 9.97. The molecule has 0 amide bonds. The van der Waals surface area contributed by atoms with Gasteiger partial charge in [0.1, 0.15) is 0 Å². The van der Waals surface area contributed by atoms with Gasteiger partial charge in [-0.15, -0.1) is 0 Å². The number of aromatic nitrogens is 2. The average molecular weight is 219 g/mol. The zero-order chi connectivity index (χ0) is 11.1. The Morgan fingerprint density at radius 2 is 2.00 bits per heavy atom. The van der Waals surface area contributed by atoms with E-state index in [1.54, 1.807) is 0 Å². The molecule has 0 aliphatic heterocycles. The van der Waals surface area contributed by atoms with Crippen molar-refractivity contribution in [1.82, 2.24) is 9.55 Å². The van der Waals surface area contributed by atoms with Crippen LogP contribution in [0.25, 0.3) is 0 Å². The van der Waals surface area contributed by atoms with Crippen molar-refractivity contribution >= 4 is 0 Å². The summed E-state index contributed by atoms with van der Waals surface area (Å²) in [7, 11) is 0. The van der Waals surface area contributed by atoms with E-state index in [9.17, 15) is 0 Å². The number of imidazole rings is 1. The molecule has 3 heteroatoms. The second kappa shape index (κ2) is 3.88. The lowest BCUT2D eigenvalue weighted by Crippen LogP contribution is -2.19. The van der Waals surface area contributed by atoms with Crippen molar-refractivity contribution in [2.45, 2.75) is 45.2 Å². The van der Waals surface area contributed by atoms with Crippen LogP contribution in [0.4, 0.5) is 0 Å². The third-order valence-corrected chi connectivity index (χ3v) is 4.07. The molecule has 0 saturated heterocycles. The van der Waals surface area contributed by atoms with Gasteiger partial charge < -0.3 is 10.3 Å². The topological polar surface area (TPSA) is 43.8 Å². The van der Waals surface area contributed by atoms with Crippen molar-refractivity contribution in [1.29, 1.82) is 0 Å². The fraction of sp³-hybridized carbons (Fsp3) is 0.769. The van der Waals surface area contributed by atoms with Crippen molar-refractivity contribution in [3.8, 4) is 0 Å². The summed E-state index contributed by atoms with van der Waals surface area (Å²) in [4.78, 5) is 4.24. The van der Waals surface area contributed by atoms with E-state index in [-0.39, 0.29) is 6.04 Å². The number of hydrogen-bond acceptors (Lipinski definition) is 2. The Balaban J connectivity index is 1.73. The molecule has 2 fully saturated rings. The van der Waals surface area contributed by atoms with E-state index < -0.39 is 0 Å². The van der Waals surface area contributed by atoms with Crippen LogP contribution >= 0.6 is 0 Å². The van der Waals surface area contributed by atoms with Crippen molar-refractivity contribution in [2.24, 2.45) is 23.5 Å². The van der Waals surface area contributed by atoms with Gasteiger partial charge in [0.05, 0.1) is 12.0 Å². The van der Waals surface area contributed by atoms with E-state index in [1.165, 1.54) is 31.4 Å². The van der Waals surface area contributed by atoms with Gasteiger partial charge in [-0.25, -0.2) is 4.98 Å². The summed E-state index contributed by atoms with van der Waals surface area (Å²) in [6.45, 7) is 3.18. The van der Waals surface area contributed by atoms with Crippen LogP contribution in [0.1, 0.15) is 44.3 Å². The van der Waals surface area contributed by atoms with E-state index in [1.807, 2.05) is 19.4 Å². The Kier molecular flexibility index (Phi) is 2.51. The van der Waals surface area contributed by atoms with Crippen LogP contribution in [-0.2, 0) is 6.54 Å². The fourth-order valence-corrected chi connectivity index (χ4v) is 2.82. The highest BCUT2D eigenvalue weighted by Gasteiger charge is 2.41. The normalized spacial score (nSPS) is 22.7. The molecule has 1 heterocycles.